The topological polar surface area (TPSA) is 109 Å². The van der Waals surface area contributed by atoms with E-state index in [1.807, 2.05) is 36.4 Å². The summed E-state index contributed by atoms with van der Waals surface area (Å²) in [4.78, 5) is 28.8. The fourth-order valence-electron chi connectivity index (χ4n) is 5.34. The zero-order valence-corrected chi connectivity index (χ0v) is 19.3. The zero-order valence-electron chi connectivity index (χ0n) is 19.3. The third kappa shape index (κ3) is 3.25. The largest absolute Gasteiger partial charge is 0.322 e. The second-order valence-corrected chi connectivity index (χ2v) is 8.92. The van der Waals surface area contributed by atoms with Gasteiger partial charge in [-0.1, -0.05) is 18.2 Å². The molecule has 36 heavy (non-hydrogen) atoms. The van der Waals surface area contributed by atoms with Crippen molar-refractivity contribution in [3.63, 3.8) is 0 Å². The van der Waals surface area contributed by atoms with E-state index in [4.69, 9.17) is 0 Å². The molecule has 6 rings (SSSR count). The van der Waals surface area contributed by atoms with Crippen molar-refractivity contribution in [2.24, 2.45) is 0 Å². The summed E-state index contributed by atoms with van der Waals surface area (Å²) >= 11 is 0. The van der Waals surface area contributed by atoms with E-state index in [-0.39, 0.29) is 6.42 Å². The van der Waals surface area contributed by atoms with Crippen LogP contribution in [0.15, 0.2) is 79.4 Å². The summed E-state index contributed by atoms with van der Waals surface area (Å²) in [6.45, 7) is 1.35. The third-order valence-electron chi connectivity index (χ3n) is 6.85. The number of likely N-dealkylation sites (tertiary alicyclic amines) is 1. The number of nitrogens with zero attached hydrogens (tertiary/aromatic N) is 5. The number of aromatic amines is 1. The number of anilines is 1. The Balaban J connectivity index is 1.54. The van der Waals surface area contributed by atoms with Gasteiger partial charge >= 0.3 is 0 Å². The van der Waals surface area contributed by atoms with Gasteiger partial charge in [-0.2, -0.15) is 15.3 Å². The van der Waals surface area contributed by atoms with Crippen molar-refractivity contribution < 1.29 is 14.0 Å². The summed E-state index contributed by atoms with van der Waals surface area (Å²) in [5.41, 5.74) is 0.750. The molecule has 0 aliphatic carbocycles. The Hall–Kier alpha value is -4.60. The number of halogens is 1. The maximum Gasteiger partial charge on any atom is 0.271 e. The van der Waals surface area contributed by atoms with Gasteiger partial charge in [-0.3, -0.25) is 14.7 Å². The monoisotopic (exact) mass is 483 g/mol. The van der Waals surface area contributed by atoms with Crippen LogP contribution in [0.3, 0.4) is 0 Å². The molecular weight excluding hydrogens is 461 g/mol. The van der Waals surface area contributed by atoms with Crippen LogP contribution < -0.4 is 5.32 Å². The van der Waals surface area contributed by atoms with E-state index in [0.717, 1.165) is 16.3 Å². The predicted octanol–water partition coefficient (Wildman–Crippen LogP) is 3.93. The number of rotatable bonds is 4. The minimum atomic E-state index is -1.68. The van der Waals surface area contributed by atoms with Crippen molar-refractivity contribution in [3.05, 3.63) is 84.9 Å². The molecule has 2 amide bonds. The second-order valence-electron chi connectivity index (χ2n) is 8.92. The molecule has 1 aliphatic heterocycles. The van der Waals surface area contributed by atoms with Crippen LogP contribution in [0.4, 0.5) is 10.1 Å². The number of carbonyl (C=O) groups excluding carboxylic acids is 2. The highest BCUT2D eigenvalue weighted by molar-refractivity contribution is 6.01. The summed E-state index contributed by atoms with van der Waals surface area (Å²) in [6, 6.07) is 15.3. The Kier molecular flexibility index (Phi) is 5.03. The van der Waals surface area contributed by atoms with Gasteiger partial charge in [-0.25, -0.2) is 4.39 Å². The first kappa shape index (κ1) is 21.9. The molecule has 0 bridgehead atoms. The second kappa shape index (κ2) is 8.26. The lowest BCUT2D eigenvalue weighted by Crippen LogP contribution is -2.56. The number of aromatic nitrogens is 5. The molecule has 0 spiro atoms. The highest BCUT2D eigenvalue weighted by Gasteiger charge is 2.60. The van der Waals surface area contributed by atoms with Gasteiger partial charge in [0.1, 0.15) is 6.17 Å². The van der Waals surface area contributed by atoms with E-state index in [1.165, 1.54) is 24.2 Å². The number of carbonyl (C=O) groups is 2. The number of para-hydroxylation sites is 1. The average Bonchev–Trinajstić information content (AvgIpc) is 3.60. The van der Waals surface area contributed by atoms with Gasteiger partial charge in [0.05, 0.1) is 29.5 Å². The smallest absolute Gasteiger partial charge is 0.271 e. The Morgan fingerprint density at radius 2 is 1.94 bits per heavy atom. The first-order valence-corrected chi connectivity index (χ1v) is 11.5. The van der Waals surface area contributed by atoms with E-state index in [1.54, 1.807) is 35.2 Å². The number of alkyl halides is 1. The minimum absolute atomic E-state index is 0.240. The number of H-pyrrole nitrogens is 1. The standard InChI is InChI=1S/C26H22FN7O2/c1-16(35)34-24(19-8-10-28-29-15-19)21(27)13-26(34,33-11-9-17-4-2-3-5-23(17)33)25(36)31-20-7-6-18-14-30-32-22(18)12-20/h2-12,14-15,21,24H,13H2,1H3,(H,30,32)(H,31,36). The van der Waals surface area contributed by atoms with Crippen molar-refractivity contribution in [1.29, 1.82) is 0 Å². The number of fused-ring (bicyclic) bond motifs is 2. The van der Waals surface area contributed by atoms with E-state index in [2.05, 4.69) is 25.7 Å². The number of amides is 2. The Labute approximate surface area is 204 Å². The molecule has 1 saturated heterocycles. The normalized spacial score (nSPS) is 21.8. The van der Waals surface area contributed by atoms with Crippen LogP contribution in [-0.4, -0.2) is 47.8 Å². The van der Waals surface area contributed by atoms with Crippen LogP contribution in [0.2, 0.25) is 0 Å². The maximum absolute atomic E-state index is 16.0. The molecule has 4 heterocycles. The number of nitrogens with one attached hydrogen (secondary N) is 2. The maximum atomic E-state index is 16.0. The van der Waals surface area contributed by atoms with Crippen LogP contribution in [0, 0.1) is 0 Å². The SMILES string of the molecule is CC(=O)N1C(c2ccnnc2)C(F)CC1(C(=O)Nc1ccc2cn[nH]c2c1)n1ccc2ccccc21. The summed E-state index contributed by atoms with van der Waals surface area (Å²) < 4.78 is 17.7. The van der Waals surface area contributed by atoms with E-state index >= 15 is 4.39 Å². The van der Waals surface area contributed by atoms with Gasteiger partial charge < -0.3 is 14.8 Å². The number of hydrogen-bond donors (Lipinski definition) is 2. The molecule has 3 unspecified atom stereocenters. The Morgan fingerprint density at radius 1 is 1.08 bits per heavy atom. The molecule has 2 aromatic carbocycles. The van der Waals surface area contributed by atoms with Gasteiger partial charge in [0.25, 0.3) is 5.91 Å². The van der Waals surface area contributed by atoms with Crippen LogP contribution in [-0.2, 0) is 15.3 Å². The molecule has 0 radical (unpaired) electrons. The van der Waals surface area contributed by atoms with Crippen molar-refractivity contribution in [1.82, 2.24) is 29.9 Å². The molecular formula is C26H22FN7O2. The van der Waals surface area contributed by atoms with Crippen LogP contribution in [0.1, 0.15) is 24.9 Å². The summed E-state index contributed by atoms with van der Waals surface area (Å²) in [6.07, 6.45) is 4.53. The molecule has 3 atom stereocenters. The van der Waals surface area contributed by atoms with Crippen LogP contribution in [0.25, 0.3) is 21.8 Å². The van der Waals surface area contributed by atoms with Gasteiger partial charge in [-0.05, 0) is 47.3 Å². The highest BCUT2D eigenvalue weighted by Crippen LogP contribution is 2.49. The van der Waals surface area contributed by atoms with E-state index in [9.17, 15) is 9.59 Å². The zero-order chi connectivity index (χ0) is 24.9. The first-order chi connectivity index (χ1) is 17.5. The third-order valence-corrected chi connectivity index (χ3v) is 6.85. The van der Waals surface area contributed by atoms with E-state index in [0.29, 0.717) is 16.8 Å². The fraction of sp³-hybridized carbons (Fsp3) is 0.192. The van der Waals surface area contributed by atoms with E-state index < -0.39 is 29.7 Å². The lowest BCUT2D eigenvalue weighted by atomic mass is 10.0. The Morgan fingerprint density at radius 3 is 2.75 bits per heavy atom. The predicted molar refractivity (Wildman–Crippen MR) is 131 cm³/mol. The summed E-state index contributed by atoms with van der Waals surface area (Å²) in [5, 5.41) is 19.3. The van der Waals surface area contributed by atoms with Gasteiger partial charge in [-0.15, -0.1) is 0 Å². The molecule has 0 saturated carbocycles. The highest BCUT2D eigenvalue weighted by atomic mass is 19.1. The average molecular weight is 484 g/mol. The lowest BCUT2D eigenvalue weighted by molar-refractivity contribution is -0.149. The van der Waals surface area contributed by atoms with Crippen molar-refractivity contribution in [2.75, 3.05) is 5.32 Å². The quantitative estimate of drug-likeness (QED) is 0.403. The molecule has 1 aliphatic rings. The number of benzene rings is 2. The van der Waals surface area contributed by atoms with Gasteiger partial charge in [0.15, 0.2) is 0 Å². The molecule has 180 valence electrons. The van der Waals surface area contributed by atoms with Gasteiger partial charge in [0, 0.05) is 36.8 Å². The first-order valence-electron chi connectivity index (χ1n) is 11.5. The lowest BCUT2D eigenvalue weighted by Gasteiger charge is -2.40. The molecule has 3 aromatic heterocycles. The van der Waals surface area contributed by atoms with Gasteiger partial charge in [0.2, 0.25) is 11.6 Å². The Bertz CT molecular complexity index is 1600. The van der Waals surface area contributed by atoms with Crippen molar-refractivity contribution in [2.45, 2.75) is 31.2 Å². The summed E-state index contributed by atoms with van der Waals surface area (Å²) in [5.74, 6) is -0.959. The number of hydrogen-bond acceptors (Lipinski definition) is 5. The minimum Gasteiger partial charge on any atom is -0.322 e. The fourth-order valence-corrected chi connectivity index (χ4v) is 5.34. The molecule has 2 N–H and O–H groups in total. The summed E-state index contributed by atoms with van der Waals surface area (Å²) in [7, 11) is 0. The molecule has 10 heteroatoms. The van der Waals surface area contributed by atoms with Crippen LogP contribution in [0.5, 0.6) is 0 Å². The van der Waals surface area contributed by atoms with Crippen molar-refractivity contribution >= 4 is 39.3 Å². The molecule has 5 aromatic rings. The molecule has 9 nitrogen and oxygen atoms in total. The van der Waals surface area contributed by atoms with Crippen molar-refractivity contribution in [3.8, 4) is 0 Å². The molecule has 1 fully saturated rings. The van der Waals surface area contributed by atoms with Crippen LogP contribution >= 0.6 is 0 Å².